The Kier molecular flexibility index (Phi) is 7.09. The van der Waals surface area contributed by atoms with E-state index >= 15 is 0 Å². The van der Waals surface area contributed by atoms with Crippen LogP contribution < -0.4 is 5.32 Å². The zero-order valence-corrected chi connectivity index (χ0v) is 12.1. The van der Waals surface area contributed by atoms with E-state index in [2.05, 4.69) is 5.32 Å². The Balaban J connectivity index is 2.39. The molecule has 0 atom stereocenters. The number of benzene rings is 1. The van der Waals surface area contributed by atoms with Crippen LogP contribution in [-0.2, 0) is 9.47 Å². The van der Waals surface area contributed by atoms with E-state index in [-0.39, 0.29) is 6.29 Å². The lowest BCUT2D eigenvalue weighted by atomic mass is 10.2. The molecule has 0 aromatic heterocycles. The lowest BCUT2D eigenvalue weighted by molar-refractivity contribution is -0.137. The van der Waals surface area contributed by atoms with Gasteiger partial charge in [0.05, 0.1) is 0 Å². The van der Waals surface area contributed by atoms with Crippen LogP contribution in [-0.4, -0.2) is 26.0 Å². The summed E-state index contributed by atoms with van der Waals surface area (Å²) in [5, 5.41) is 4.13. The minimum atomic E-state index is -0.125. The van der Waals surface area contributed by atoms with Crippen LogP contribution in [0.5, 0.6) is 0 Å². The van der Waals surface area contributed by atoms with Crippen LogP contribution in [0.1, 0.15) is 25.8 Å². The smallest absolute Gasteiger partial charge is 0.159 e. The highest BCUT2D eigenvalue weighted by atomic mass is 35.5. The van der Waals surface area contributed by atoms with Gasteiger partial charge in [-0.25, -0.2) is 0 Å². The van der Waals surface area contributed by atoms with Crippen LogP contribution in [0.4, 0.5) is 5.69 Å². The molecule has 0 fully saturated rings. The summed E-state index contributed by atoms with van der Waals surface area (Å²) in [7, 11) is 0. The summed E-state index contributed by atoms with van der Waals surface area (Å²) >= 11 is 5.92. The molecule has 102 valence electrons. The molecule has 0 aliphatic heterocycles. The van der Waals surface area contributed by atoms with Crippen LogP contribution in [0.15, 0.2) is 18.2 Å². The Hall–Kier alpha value is -0.770. The van der Waals surface area contributed by atoms with E-state index in [9.17, 15) is 0 Å². The molecule has 0 amide bonds. The predicted molar refractivity (Wildman–Crippen MR) is 76.3 cm³/mol. The molecule has 1 N–H and O–H groups in total. The summed E-state index contributed by atoms with van der Waals surface area (Å²) in [6, 6.07) is 5.83. The van der Waals surface area contributed by atoms with Gasteiger partial charge < -0.3 is 14.8 Å². The van der Waals surface area contributed by atoms with Gasteiger partial charge in [0, 0.05) is 36.9 Å². The lowest BCUT2D eigenvalue weighted by Gasteiger charge is -2.18. The van der Waals surface area contributed by atoms with Gasteiger partial charge in [-0.3, -0.25) is 0 Å². The summed E-state index contributed by atoms with van der Waals surface area (Å²) in [6.45, 7) is 8.14. The molecule has 0 radical (unpaired) electrons. The molecule has 1 aromatic rings. The molecular formula is C14H22ClNO2. The summed E-state index contributed by atoms with van der Waals surface area (Å²) < 4.78 is 11.0. The van der Waals surface area contributed by atoms with Crippen molar-refractivity contribution in [3.63, 3.8) is 0 Å². The fraction of sp³-hybridized carbons (Fsp3) is 0.571. The van der Waals surface area contributed by atoms with Crippen molar-refractivity contribution in [2.24, 2.45) is 0 Å². The van der Waals surface area contributed by atoms with Crippen molar-refractivity contribution >= 4 is 17.3 Å². The van der Waals surface area contributed by atoms with Crippen molar-refractivity contribution < 1.29 is 9.47 Å². The van der Waals surface area contributed by atoms with Crippen molar-refractivity contribution in [1.29, 1.82) is 0 Å². The van der Waals surface area contributed by atoms with Crippen LogP contribution in [0, 0.1) is 6.92 Å². The third-order valence-electron chi connectivity index (χ3n) is 2.59. The molecule has 0 bridgehead atoms. The first-order chi connectivity index (χ1) is 8.67. The van der Waals surface area contributed by atoms with Gasteiger partial charge in [-0.15, -0.1) is 0 Å². The third-order valence-corrected chi connectivity index (χ3v) is 2.82. The van der Waals surface area contributed by atoms with Gasteiger partial charge in [-0.2, -0.15) is 0 Å². The number of anilines is 1. The normalized spacial score (nSPS) is 10.9. The molecule has 0 spiro atoms. The Bertz CT molecular complexity index is 352. The van der Waals surface area contributed by atoms with Gasteiger partial charge in [0.2, 0.25) is 0 Å². The predicted octanol–water partition coefficient (Wildman–Crippen LogP) is 3.85. The quantitative estimate of drug-likeness (QED) is 0.729. The summed E-state index contributed by atoms with van der Waals surface area (Å²) in [4.78, 5) is 0. The molecule has 0 saturated carbocycles. The van der Waals surface area contributed by atoms with Gasteiger partial charge in [0.15, 0.2) is 6.29 Å². The molecule has 4 heteroatoms. The number of ether oxygens (including phenoxy) is 2. The van der Waals surface area contributed by atoms with Crippen LogP contribution >= 0.6 is 11.6 Å². The average molecular weight is 272 g/mol. The van der Waals surface area contributed by atoms with Crippen molar-refractivity contribution in [2.75, 3.05) is 25.1 Å². The monoisotopic (exact) mass is 271 g/mol. The minimum Gasteiger partial charge on any atom is -0.385 e. The van der Waals surface area contributed by atoms with E-state index in [1.165, 1.54) is 0 Å². The number of hydrogen-bond acceptors (Lipinski definition) is 3. The molecule has 0 saturated heterocycles. The highest BCUT2D eigenvalue weighted by molar-refractivity contribution is 6.30. The molecule has 0 heterocycles. The van der Waals surface area contributed by atoms with E-state index in [1.54, 1.807) is 0 Å². The Morgan fingerprint density at radius 3 is 2.44 bits per heavy atom. The molecular weight excluding hydrogens is 250 g/mol. The Morgan fingerprint density at radius 2 is 1.89 bits per heavy atom. The maximum atomic E-state index is 5.92. The largest absolute Gasteiger partial charge is 0.385 e. The second-order valence-corrected chi connectivity index (χ2v) is 4.45. The lowest BCUT2D eigenvalue weighted by Crippen LogP contribution is -2.21. The van der Waals surface area contributed by atoms with E-state index < -0.39 is 0 Å². The SMILES string of the molecule is CCOC(CCNc1ccc(Cl)cc1C)OCC. The summed E-state index contributed by atoms with van der Waals surface area (Å²) in [6.07, 6.45) is 0.698. The molecule has 18 heavy (non-hydrogen) atoms. The van der Waals surface area contributed by atoms with Gasteiger partial charge in [-0.05, 0) is 44.5 Å². The van der Waals surface area contributed by atoms with Gasteiger partial charge in [0.1, 0.15) is 0 Å². The molecule has 0 aliphatic carbocycles. The van der Waals surface area contributed by atoms with Gasteiger partial charge in [-0.1, -0.05) is 11.6 Å². The van der Waals surface area contributed by atoms with Crippen molar-refractivity contribution in [1.82, 2.24) is 0 Å². The van der Waals surface area contributed by atoms with E-state index in [0.29, 0.717) is 13.2 Å². The maximum absolute atomic E-state index is 5.92. The molecule has 1 aromatic carbocycles. The molecule has 0 unspecified atom stereocenters. The third kappa shape index (κ3) is 5.25. The number of nitrogens with one attached hydrogen (secondary N) is 1. The number of halogens is 1. The van der Waals surface area contributed by atoms with Crippen molar-refractivity contribution in [3.8, 4) is 0 Å². The topological polar surface area (TPSA) is 30.5 Å². The average Bonchev–Trinajstić information content (AvgIpc) is 2.32. The first-order valence-corrected chi connectivity index (χ1v) is 6.78. The van der Waals surface area contributed by atoms with Crippen LogP contribution in [0.2, 0.25) is 5.02 Å². The standard InChI is InChI=1S/C14H22ClNO2/c1-4-17-14(18-5-2)8-9-16-13-7-6-12(15)10-11(13)3/h6-7,10,14,16H,4-5,8-9H2,1-3H3. The Labute approximate surface area is 114 Å². The maximum Gasteiger partial charge on any atom is 0.159 e. The summed E-state index contributed by atoms with van der Waals surface area (Å²) in [5.74, 6) is 0. The fourth-order valence-electron chi connectivity index (χ4n) is 1.74. The van der Waals surface area contributed by atoms with Crippen molar-refractivity contribution in [3.05, 3.63) is 28.8 Å². The zero-order valence-electron chi connectivity index (χ0n) is 11.3. The molecule has 0 aliphatic rings. The van der Waals surface area contributed by atoms with E-state index in [4.69, 9.17) is 21.1 Å². The zero-order chi connectivity index (χ0) is 13.4. The number of hydrogen-bond donors (Lipinski definition) is 1. The highest BCUT2D eigenvalue weighted by Crippen LogP contribution is 2.19. The van der Waals surface area contributed by atoms with E-state index in [0.717, 1.165) is 29.2 Å². The van der Waals surface area contributed by atoms with Crippen LogP contribution in [0.3, 0.4) is 0 Å². The summed E-state index contributed by atoms with van der Waals surface area (Å²) in [5.41, 5.74) is 2.25. The number of rotatable bonds is 8. The Morgan fingerprint density at radius 1 is 1.22 bits per heavy atom. The first-order valence-electron chi connectivity index (χ1n) is 6.40. The second kappa shape index (κ2) is 8.35. The second-order valence-electron chi connectivity index (χ2n) is 4.01. The van der Waals surface area contributed by atoms with E-state index in [1.807, 2.05) is 39.0 Å². The van der Waals surface area contributed by atoms with Gasteiger partial charge in [0.25, 0.3) is 0 Å². The minimum absolute atomic E-state index is 0.125. The molecule has 3 nitrogen and oxygen atoms in total. The number of aryl methyl sites for hydroxylation is 1. The van der Waals surface area contributed by atoms with Gasteiger partial charge >= 0.3 is 0 Å². The van der Waals surface area contributed by atoms with Crippen LogP contribution in [0.25, 0.3) is 0 Å². The highest BCUT2D eigenvalue weighted by Gasteiger charge is 2.07. The first kappa shape index (κ1) is 15.3. The fourth-order valence-corrected chi connectivity index (χ4v) is 1.96. The van der Waals surface area contributed by atoms with Crippen molar-refractivity contribution in [2.45, 2.75) is 33.5 Å². The molecule has 1 rings (SSSR count).